The second-order valence-electron chi connectivity index (χ2n) is 3.96. The van der Waals surface area contributed by atoms with E-state index in [4.69, 9.17) is 14.6 Å². The Morgan fingerprint density at radius 3 is 2.35 bits per heavy atom. The van der Waals surface area contributed by atoms with Crippen molar-refractivity contribution in [1.29, 1.82) is 0 Å². The van der Waals surface area contributed by atoms with Gasteiger partial charge in [-0.05, 0) is 49.4 Å². The molecule has 0 saturated heterocycles. The first-order valence-electron chi connectivity index (χ1n) is 6.03. The number of hydrogen-bond acceptors (Lipinski definition) is 3. The fourth-order valence-electron chi connectivity index (χ4n) is 1.61. The van der Waals surface area contributed by atoms with Gasteiger partial charge in [-0.2, -0.15) is 0 Å². The van der Waals surface area contributed by atoms with Gasteiger partial charge in [0.15, 0.2) is 11.6 Å². The molecule has 0 aliphatic rings. The summed E-state index contributed by atoms with van der Waals surface area (Å²) >= 11 is 0. The summed E-state index contributed by atoms with van der Waals surface area (Å²) in [5, 5.41) is 8.75. The number of benzene rings is 2. The molecule has 20 heavy (non-hydrogen) atoms. The second-order valence-corrected chi connectivity index (χ2v) is 3.96. The van der Waals surface area contributed by atoms with Gasteiger partial charge in [0.25, 0.3) is 0 Å². The molecule has 5 heteroatoms. The van der Waals surface area contributed by atoms with E-state index in [-0.39, 0.29) is 11.3 Å². The minimum absolute atomic E-state index is 0.0286. The van der Waals surface area contributed by atoms with Gasteiger partial charge >= 0.3 is 5.97 Å². The SMILES string of the molecule is CCOc1ccc(Oc2ccc(C(=O)O)cc2F)cc1. The first-order chi connectivity index (χ1) is 9.60. The van der Waals surface area contributed by atoms with E-state index in [1.807, 2.05) is 6.92 Å². The Bertz CT molecular complexity index is 608. The Morgan fingerprint density at radius 1 is 1.15 bits per heavy atom. The number of halogens is 1. The highest BCUT2D eigenvalue weighted by atomic mass is 19.1. The molecule has 0 radical (unpaired) electrons. The lowest BCUT2D eigenvalue weighted by atomic mass is 10.2. The summed E-state index contributed by atoms with van der Waals surface area (Å²) in [6.45, 7) is 2.44. The second kappa shape index (κ2) is 6.06. The van der Waals surface area contributed by atoms with E-state index in [9.17, 15) is 9.18 Å². The molecule has 2 aromatic carbocycles. The van der Waals surface area contributed by atoms with Crippen molar-refractivity contribution in [2.45, 2.75) is 6.92 Å². The minimum atomic E-state index is -1.18. The standard InChI is InChI=1S/C15H13FO4/c1-2-19-11-4-6-12(7-5-11)20-14-8-3-10(15(17)18)9-13(14)16/h3-9H,2H2,1H3,(H,17,18). The van der Waals surface area contributed by atoms with Crippen LogP contribution in [0.4, 0.5) is 4.39 Å². The Kier molecular flexibility index (Phi) is 4.20. The van der Waals surface area contributed by atoms with Gasteiger partial charge in [0.1, 0.15) is 11.5 Å². The summed E-state index contributed by atoms with van der Waals surface area (Å²) in [7, 11) is 0. The Hall–Kier alpha value is -2.56. The lowest BCUT2D eigenvalue weighted by molar-refractivity contribution is 0.0696. The molecular weight excluding hydrogens is 263 g/mol. The molecule has 0 saturated carbocycles. The first kappa shape index (κ1) is 13.9. The highest BCUT2D eigenvalue weighted by Crippen LogP contribution is 2.26. The summed E-state index contributed by atoms with van der Waals surface area (Å²) < 4.78 is 24.3. The van der Waals surface area contributed by atoms with Crippen LogP contribution in [-0.2, 0) is 0 Å². The van der Waals surface area contributed by atoms with E-state index in [2.05, 4.69) is 0 Å². The number of rotatable bonds is 5. The Balaban J connectivity index is 2.15. The summed E-state index contributed by atoms with van der Waals surface area (Å²) in [4.78, 5) is 10.7. The van der Waals surface area contributed by atoms with E-state index >= 15 is 0 Å². The van der Waals surface area contributed by atoms with E-state index in [1.165, 1.54) is 12.1 Å². The van der Waals surface area contributed by atoms with Crippen LogP contribution in [0.15, 0.2) is 42.5 Å². The van der Waals surface area contributed by atoms with Crippen molar-refractivity contribution in [2.24, 2.45) is 0 Å². The van der Waals surface area contributed by atoms with Crippen LogP contribution < -0.4 is 9.47 Å². The Morgan fingerprint density at radius 2 is 1.80 bits per heavy atom. The Labute approximate surface area is 115 Å². The predicted molar refractivity (Wildman–Crippen MR) is 71.0 cm³/mol. The van der Waals surface area contributed by atoms with Gasteiger partial charge in [-0.15, -0.1) is 0 Å². The van der Waals surface area contributed by atoms with Crippen molar-refractivity contribution in [1.82, 2.24) is 0 Å². The predicted octanol–water partition coefficient (Wildman–Crippen LogP) is 3.71. The van der Waals surface area contributed by atoms with Crippen LogP contribution in [-0.4, -0.2) is 17.7 Å². The number of ether oxygens (including phenoxy) is 2. The van der Waals surface area contributed by atoms with Crippen LogP contribution in [0.2, 0.25) is 0 Å². The highest BCUT2D eigenvalue weighted by molar-refractivity contribution is 5.87. The fourth-order valence-corrected chi connectivity index (χ4v) is 1.61. The highest BCUT2D eigenvalue weighted by Gasteiger charge is 2.10. The largest absolute Gasteiger partial charge is 0.494 e. The van der Waals surface area contributed by atoms with Crippen LogP contribution in [0.5, 0.6) is 17.2 Å². The van der Waals surface area contributed by atoms with Crippen LogP contribution >= 0.6 is 0 Å². The lowest BCUT2D eigenvalue weighted by Gasteiger charge is -2.08. The molecule has 1 N–H and O–H groups in total. The number of carbonyl (C=O) groups is 1. The summed E-state index contributed by atoms with van der Waals surface area (Å²) in [5.74, 6) is -0.800. The molecule has 0 fully saturated rings. The molecule has 0 atom stereocenters. The van der Waals surface area contributed by atoms with Gasteiger partial charge in [0.2, 0.25) is 0 Å². The van der Waals surface area contributed by atoms with Crippen LogP contribution in [0.1, 0.15) is 17.3 Å². The topological polar surface area (TPSA) is 55.8 Å². The summed E-state index contributed by atoms with van der Waals surface area (Å²) in [5.41, 5.74) is -0.124. The smallest absolute Gasteiger partial charge is 0.335 e. The third kappa shape index (κ3) is 3.26. The molecule has 4 nitrogen and oxygen atoms in total. The number of aromatic carboxylic acids is 1. The molecule has 0 aromatic heterocycles. The first-order valence-corrected chi connectivity index (χ1v) is 6.03. The van der Waals surface area contributed by atoms with Crippen molar-refractivity contribution in [3.63, 3.8) is 0 Å². The molecule has 2 rings (SSSR count). The molecule has 0 bridgehead atoms. The molecule has 0 heterocycles. The van der Waals surface area contributed by atoms with E-state index in [0.29, 0.717) is 18.1 Å². The summed E-state index contributed by atoms with van der Waals surface area (Å²) in [6.07, 6.45) is 0. The van der Waals surface area contributed by atoms with Crippen LogP contribution in [0.3, 0.4) is 0 Å². The van der Waals surface area contributed by atoms with Crippen molar-refractivity contribution < 1.29 is 23.8 Å². The zero-order valence-electron chi connectivity index (χ0n) is 10.8. The number of carboxylic acids is 1. The molecule has 0 aliphatic carbocycles. The van der Waals surface area contributed by atoms with Gasteiger partial charge in [-0.1, -0.05) is 0 Å². The van der Waals surface area contributed by atoms with E-state index in [0.717, 1.165) is 6.07 Å². The normalized spacial score (nSPS) is 10.1. The van der Waals surface area contributed by atoms with E-state index < -0.39 is 11.8 Å². The molecule has 0 aliphatic heterocycles. The average molecular weight is 276 g/mol. The zero-order chi connectivity index (χ0) is 14.5. The molecule has 104 valence electrons. The monoisotopic (exact) mass is 276 g/mol. The zero-order valence-corrected chi connectivity index (χ0v) is 10.8. The van der Waals surface area contributed by atoms with Gasteiger partial charge in [0, 0.05) is 0 Å². The lowest BCUT2D eigenvalue weighted by Crippen LogP contribution is -1.98. The number of carboxylic acid groups (broad SMARTS) is 1. The maximum atomic E-state index is 13.7. The van der Waals surface area contributed by atoms with E-state index in [1.54, 1.807) is 24.3 Å². The summed E-state index contributed by atoms with van der Waals surface area (Å²) in [6, 6.07) is 10.2. The average Bonchev–Trinajstić information content (AvgIpc) is 2.43. The van der Waals surface area contributed by atoms with Crippen LogP contribution in [0.25, 0.3) is 0 Å². The van der Waals surface area contributed by atoms with Gasteiger partial charge in [-0.3, -0.25) is 0 Å². The van der Waals surface area contributed by atoms with Crippen molar-refractivity contribution >= 4 is 5.97 Å². The van der Waals surface area contributed by atoms with Crippen molar-refractivity contribution in [2.75, 3.05) is 6.61 Å². The molecule has 0 spiro atoms. The van der Waals surface area contributed by atoms with Crippen LogP contribution in [0, 0.1) is 5.82 Å². The van der Waals surface area contributed by atoms with Crippen molar-refractivity contribution in [3.05, 3.63) is 53.8 Å². The van der Waals surface area contributed by atoms with Crippen molar-refractivity contribution in [3.8, 4) is 17.2 Å². The molecular formula is C15H13FO4. The number of hydrogen-bond donors (Lipinski definition) is 1. The van der Waals surface area contributed by atoms with Gasteiger partial charge in [0.05, 0.1) is 12.2 Å². The van der Waals surface area contributed by atoms with Gasteiger partial charge < -0.3 is 14.6 Å². The van der Waals surface area contributed by atoms with Gasteiger partial charge in [-0.25, -0.2) is 9.18 Å². The maximum Gasteiger partial charge on any atom is 0.335 e. The third-order valence-electron chi connectivity index (χ3n) is 2.54. The molecule has 2 aromatic rings. The minimum Gasteiger partial charge on any atom is -0.494 e. The third-order valence-corrected chi connectivity index (χ3v) is 2.54. The molecule has 0 amide bonds. The fraction of sp³-hybridized carbons (Fsp3) is 0.133. The quantitative estimate of drug-likeness (QED) is 0.904. The molecule has 0 unspecified atom stereocenters. The maximum absolute atomic E-state index is 13.7.